The number of nitrogens with zero attached hydrogens (tertiary/aromatic N) is 2. The fourth-order valence-corrected chi connectivity index (χ4v) is 1.53. The van der Waals surface area contributed by atoms with E-state index in [-0.39, 0.29) is 11.5 Å². The van der Waals surface area contributed by atoms with Crippen LogP contribution < -0.4 is 9.13 Å². The molecule has 0 aliphatic rings. The van der Waals surface area contributed by atoms with Gasteiger partial charge < -0.3 is 10.2 Å². The van der Waals surface area contributed by atoms with E-state index in [4.69, 9.17) is 0 Å². The van der Waals surface area contributed by atoms with Crippen molar-refractivity contribution < 1.29 is 19.3 Å². The molecule has 4 heteroatoms. The molecule has 0 atom stereocenters. The van der Waals surface area contributed by atoms with Crippen LogP contribution in [0.15, 0.2) is 49.1 Å². The van der Waals surface area contributed by atoms with Gasteiger partial charge >= 0.3 is 0 Å². The standard InChI is InChI=1S/C12H12N2O2/c15-11-3-1-5-13(9-11)7-8-14-6-2-4-12(16)10-14/h1-6,9-10H,7-8H2/p+2. The van der Waals surface area contributed by atoms with Crippen LogP contribution in [0.1, 0.15) is 0 Å². The Bertz CT molecular complexity index is 440. The highest BCUT2D eigenvalue weighted by molar-refractivity contribution is 5.10. The second-order valence-corrected chi connectivity index (χ2v) is 3.60. The van der Waals surface area contributed by atoms with Gasteiger partial charge in [-0.25, -0.2) is 0 Å². The number of aromatic hydroxyl groups is 2. The first-order valence-electron chi connectivity index (χ1n) is 5.10. The largest absolute Gasteiger partial charge is 0.503 e. The van der Waals surface area contributed by atoms with Gasteiger partial charge in [0.1, 0.15) is 0 Å². The van der Waals surface area contributed by atoms with Crippen molar-refractivity contribution in [2.24, 2.45) is 0 Å². The Kier molecular flexibility index (Phi) is 3.00. The smallest absolute Gasteiger partial charge is 0.211 e. The van der Waals surface area contributed by atoms with Crippen molar-refractivity contribution in [3.63, 3.8) is 0 Å². The maximum atomic E-state index is 9.29. The van der Waals surface area contributed by atoms with Crippen LogP contribution in [0.25, 0.3) is 0 Å². The molecule has 0 saturated heterocycles. The Labute approximate surface area is 93.7 Å². The van der Waals surface area contributed by atoms with Crippen molar-refractivity contribution in [1.29, 1.82) is 0 Å². The quantitative estimate of drug-likeness (QED) is 0.731. The molecule has 0 aromatic carbocycles. The monoisotopic (exact) mass is 218 g/mol. The molecule has 0 amide bonds. The average Bonchev–Trinajstić information content (AvgIpc) is 2.27. The van der Waals surface area contributed by atoms with Gasteiger partial charge in [0.2, 0.25) is 25.5 Å². The molecule has 0 spiro atoms. The average molecular weight is 218 g/mol. The van der Waals surface area contributed by atoms with Gasteiger partial charge in [-0.3, -0.25) is 0 Å². The number of pyridine rings is 2. The zero-order valence-electron chi connectivity index (χ0n) is 8.82. The number of hydrogen-bond donors (Lipinski definition) is 2. The van der Waals surface area contributed by atoms with Crippen molar-refractivity contribution in [3.8, 4) is 11.5 Å². The molecule has 0 fully saturated rings. The van der Waals surface area contributed by atoms with Gasteiger partial charge in [0, 0.05) is 12.1 Å². The van der Waals surface area contributed by atoms with Gasteiger partial charge in [0.25, 0.3) is 0 Å². The van der Waals surface area contributed by atoms with Crippen LogP contribution in [0.2, 0.25) is 0 Å². The molecule has 82 valence electrons. The van der Waals surface area contributed by atoms with E-state index in [1.807, 2.05) is 21.5 Å². The second kappa shape index (κ2) is 4.61. The molecule has 2 heterocycles. The Morgan fingerprint density at radius 2 is 1.25 bits per heavy atom. The lowest BCUT2D eigenvalue weighted by Gasteiger charge is -1.96. The zero-order valence-corrected chi connectivity index (χ0v) is 8.82. The van der Waals surface area contributed by atoms with Crippen molar-refractivity contribution >= 4 is 0 Å². The molecule has 2 rings (SSSR count). The van der Waals surface area contributed by atoms with Crippen LogP contribution in [0.4, 0.5) is 0 Å². The molecule has 0 saturated carbocycles. The summed E-state index contributed by atoms with van der Waals surface area (Å²) in [6, 6.07) is 6.86. The molecule has 2 aromatic heterocycles. The van der Waals surface area contributed by atoms with Crippen LogP contribution in [-0.4, -0.2) is 10.2 Å². The number of aromatic nitrogens is 2. The lowest BCUT2D eigenvalue weighted by Crippen LogP contribution is -2.43. The predicted octanol–water partition coefficient (Wildman–Crippen LogP) is 0.373. The highest BCUT2D eigenvalue weighted by Crippen LogP contribution is 2.01. The molecule has 4 nitrogen and oxygen atoms in total. The molecule has 2 N–H and O–H groups in total. The predicted molar refractivity (Wildman–Crippen MR) is 56.6 cm³/mol. The maximum Gasteiger partial charge on any atom is 0.211 e. The summed E-state index contributed by atoms with van der Waals surface area (Å²) in [6.07, 6.45) is 7.12. The number of hydrogen-bond acceptors (Lipinski definition) is 2. The zero-order chi connectivity index (χ0) is 11.4. The van der Waals surface area contributed by atoms with Gasteiger partial charge in [0.15, 0.2) is 23.9 Å². The topological polar surface area (TPSA) is 48.2 Å². The minimum atomic E-state index is 0.253. The van der Waals surface area contributed by atoms with Crippen LogP contribution in [0.3, 0.4) is 0 Å². The summed E-state index contributed by atoms with van der Waals surface area (Å²) in [5, 5.41) is 18.6. The normalized spacial score (nSPS) is 10.2. The first kappa shape index (κ1) is 10.4. The molecule has 2 aromatic rings. The van der Waals surface area contributed by atoms with Crippen molar-refractivity contribution in [2.75, 3.05) is 0 Å². The van der Waals surface area contributed by atoms with Gasteiger partial charge in [0.05, 0.1) is 0 Å². The number of rotatable bonds is 3. The minimum Gasteiger partial charge on any atom is -0.503 e. The molecule has 0 unspecified atom stereocenters. The lowest BCUT2D eigenvalue weighted by atomic mass is 10.4. The Hall–Kier alpha value is -2.10. The SMILES string of the molecule is Oc1ccc[n+](CC[n+]2cccc(O)c2)c1. The third kappa shape index (κ3) is 2.70. The molecule has 0 radical (unpaired) electrons. The van der Waals surface area contributed by atoms with Gasteiger partial charge in [-0.05, 0) is 12.1 Å². The highest BCUT2D eigenvalue weighted by atomic mass is 16.3. The third-order valence-corrected chi connectivity index (χ3v) is 2.30. The fourth-order valence-electron chi connectivity index (χ4n) is 1.53. The van der Waals surface area contributed by atoms with Crippen LogP contribution >= 0.6 is 0 Å². The molecular weight excluding hydrogens is 204 g/mol. The van der Waals surface area contributed by atoms with Gasteiger partial charge in [-0.1, -0.05) is 0 Å². The van der Waals surface area contributed by atoms with E-state index >= 15 is 0 Å². The van der Waals surface area contributed by atoms with Crippen molar-refractivity contribution in [1.82, 2.24) is 0 Å². The summed E-state index contributed by atoms with van der Waals surface area (Å²) < 4.78 is 3.79. The van der Waals surface area contributed by atoms with Crippen LogP contribution in [0, 0.1) is 0 Å². The molecule has 0 aliphatic heterocycles. The Morgan fingerprint density at radius 1 is 0.812 bits per heavy atom. The Morgan fingerprint density at radius 3 is 1.62 bits per heavy atom. The first-order valence-corrected chi connectivity index (χ1v) is 5.10. The second-order valence-electron chi connectivity index (χ2n) is 3.60. The first-order chi connectivity index (χ1) is 7.74. The summed E-state index contributed by atoms with van der Waals surface area (Å²) in [6.45, 7) is 1.48. The fraction of sp³-hybridized carbons (Fsp3) is 0.167. The van der Waals surface area contributed by atoms with Crippen LogP contribution in [-0.2, 0) is 13.1 Å². The summed E-state index contributed by atoms with van der Waals surface area (Å²) in [5.41, 5.74) is 0. The summed E-state index contributed by atoms with van der Waals surface area (Å²) in [4.78, 5) is 0. The summed E-state index contributed by atoms with van der Waals surface area (Å²) in [7, 11) is 0. The van der Waals surface area contributed by atoms with Crippen molar-refractivity contribution in [2.45, 2.75) is 13.1 Å². The summed E-state index contributed by atoms with van der Waals surface area (Å²) in [5.74, 6) is 0.506. The third-order valence-electron chi connectivity index (χ3n) is 2.30. The highest BCUT2D eigenvalue weighted by Gasteiger charge is 2.07. The van der Waals surface area contributed by atoms with Crippen LogP contribution in [0.5, 0.6) is 11.5 Å². The Balaban J connectivity index is 2.02. The van der Waals surface area contributed by atoms with Gasteiger partial charge in [-0.2, -0.15) is 9.13 Å². The van der Waals surface area contributed by atoms with Crippen molar-refractivity contribution in [3.05, 3.63) is 49.1 Å². The molecule has 0 bridgehead atoms. The van der Waals surface area contributed by atoms with E-state index in [2.05, 4.69) is 0 Å². The molecular formula is C12H14N2O2+2. The molecule has 0 aliphatic carbocycles. The van der Waals surface area contributed by atoms with E-state index in [0.717, 1.165) is 13.1 Å². The van der Waals surface area contributed by atoms with E-state index in [1.165, 1.54) is 0 Å². The lowest BCUT2D eigenvalue weighted by molar-refractivity contribution is -0.778. The van der Waals surface area contributed by atoms with E-state index in [1.54, 1.807) is 36.7 Å². The van der Waals surface area contributed by atoms with E-state index in [9.17, 15) is 10.2 Å². The van der Waals surface area contributed by atoms with E-state index < -0.39 is 0 Å². The van der Waals surface area contributed by atoms with Gasteiger partial charge in [-0.15, -0.1) is 0 Å². The van der Waals surface area contributed by atoms with E-state index in [0.29, 0.717) is 0 Å². The minimum absolute atomic E-state index is 0.253. The maximum absolute atomic E-state index is 9.29. The molecule has 16 heavy (non-hydrogen) atoms. The summed E-state index contributed by atoms with van der Waals surface area (Å²) >= 11 is 0. The number of aryl methyl sites for hydroxylation is 2.